The van der Waals surface area contributed by atoms with E-state index in [0.29, 0.717) is 35.6 Å². The van der Waals surface area contributed by atoms with Crippen LogP contribution in [0, 0.1) is 0 Å². The van der Waals surface area contributed by atoms with Crippen LogP contribution >= 0.6 is 0 Å². The minimum Gasteiger partial charge on any atom is -0.496 e. The third kappa shape index (κ3) is 8.81. The van der Waals surface area contributed by atoms with Crippen molar-refractivity contribution in [1.82, 2.24) is 30.0 Å². The van der Waals surface area contributed by atoms with Crippen LogP contribution < -0.4 is 9.64 Å². The number of halogens is 9. The SMILES string of the molecule is COc1ccc(CN2CCN(C)CC2)cc1-c1ccc(C(F)(F)F)cc1CN(Cc1cc(C(F)(F)F)cc(C(F)(F)F)c1)c1nnn(C)n1. The second-order valence-corrected chi connectivity index (χ2v) is 11.8. The molecule has 0 amide bonds. The molecule has 1 aromatic heterocycles. The van der Waals surface area contributed by atoms with Crippen LogP contribution in [0.2, 0.25) is 0 Å². The van der Waals surface area contributed by atoms with Crippen molar-refractivity contribution in [2.45, 2.75) is 38.2 Å². The second-order valence-electron chi connectivity index (χ2n) is 11.8. The van der Waals surface area contributed by atoms with Crippen LogP contribution in [-0.4, -0.2) is 70.3 Å². The van der Waals surface area contributed by atoms with Gasteiger partial charge in [-0.25, -0.2) is 0 Å². The van der Waals surface area contributed by atoms with Gasteiger partial charge in [-0.05, 0) is 77.0 Å². The van der Waals surface area contributed by atoms with E-state index < -0.39 is 53.9 Å². The molecule has 0 bridgehead atoms. The highest BCUT2D eigenvalue weighted by Crippen LogP contribution is 2.40. The molecule has 3 aromatic carbocycles. The fourth-order valence-corrected chi connectivity index (χ4v) is 5.63. The van der Waals surface area contributed by atoms with E-state index in [-0.39, 0.29) is 17.6 Å². The van der Waals surface area contributed by atoms with Gasteiger partial charge in [0.25, 0.3) is 5.95 Å². The molecule has 0 saturated carbocycles. The van der Waals surface area contributed by atoms with Crippen LogP contribution in [0.1, 0.15) is 33.4 Å². The Hall–Kier alpha value is -4.38. The first-order chi connectivity index (χ1) is 22.9. The van der Waals surface area contributed by atoms with Gasteiger partial charge >= 0.3 is 18.5 Å². The van der Waals surface area contributed by atoms with Gasteiger partial charge in [-0.2, -0.15) is 44.3 Å². The predicted molar refractivity (Wildman–Crippen MR) is 161 cm³/mol. The van der Waals surface area contributed by atoms with Crippen LogP contribution in [0.15, 0.2) is 54.6 Å². The Balaban J connectivity index is 1.60. The molecule has 1 aliphatic heterocycles. The number of alkyl halides is 9. The molecule has 0 atom stereocenters. The summed E-state index contributed by atoms with van der Waals surface area (Å²) in [5, 5.41) is 11.6. The number of rotatable bonds is 9. The zero-order valence-corrected chi connectivity index (χ0v) is 26.6. The molecule has 0 unspecified atom stereocenters. The zero-order chi connectivity index (χ0) is 35.7. The first-order valence-electron chi connectivity index (χ1n) is 15.0. The van der Waals surface area contributed by atoms with E-state index in [0.717, 1.165) is 48.7 Å². The lowest BCUT2D eigenvalue weighted by Crippen LogP contribution is -2.43. The first kappa shape index (κ1) is 35.9. The lowest BCUT2D eigenvalue weighted by Gasteiger charge is -2.32. The van der Waals surface area contributed by atoms with E-state index in [1.54, 1.807) is 12.1 Å². The molecule has 1 saturated heterocycles. The van der Waals surface area contributed by atoms with Crippen LogP contribution in [0.3, 0.4) is 0 Å². The molecule has 5 rings (SSSR count). The molecular weight excluding hydrogens is 669 g/mol. The number of hydrogen-bond donors (Lipinski definition) is 0. The maximum absolute atomic E-state index is 14.0. The van der Waals surface area contributed by atoms with Gasteiger partial charge in [-0.15, -0.1) is 5.10 Å². The van der Waals surface area contributed by atoms with Crippen molar-refractivity contribution in [1.29, 1.82) is 0 Å². The monoisotopic (exact) mass is 701 g/mol. The van der Waals surface area contributed by atoms with E-state index in [2.05, 4.69) is 25.2 Å². The van der Waals surface area contributed by atoms with Crippen molar-refractivity contribution in [2.24, 2.45) is 7.05 Å². The van der Waals surface area contributed by atoms with Gasteiger partial charge in [-0.3, -0.25) is 4.90 Å². The summed E-state index contributed by atoms with van der Waals surface area (Å²) in [4.78, 5) is 6.62. The minimum absolute atomic E-state index is 0.000729. The Morgan fingerprint density at radius 1 is 0.694 bits per heavy atom. The average Bonchev–Trinajstić information content (AvgIpc) is 3.46. The molecule has 4 aromatic rings. The summed E-state index contributed by atoms with van der Waals surface area (Å²) in [6.45, 7) is 2.85. The molecule has 1 fully saturated rings. The molecular formula is C32H32F9N7O. The molecule has 2 heterocycles. The van der Waals surface area contributed by atoms with E-state index in [1.165, 1.54) is 25.1 Å². The number of ether oxygens (including phenoxy) is 1. The van der Waals surface area contributed by atoms with Crippen molar-refractivity contribution in [3.8, 4) is 16.9 Å². The molecule has 8 nitrogen and oxygen atoms in total. The number of tetrazole rings is 1. The highest BCUT2D eigenvalue weighted by Gasteiger charge is 2.37. The molecule has 264 valence electrons. The van der Waals surface area contributed by atoms with E-state index in [4.69, 9.17) is 4.74 Å². The number of anilines is 1. The summed E-state index contributed by atoms with van der Waals surface area (Å²) >= 11 is 0. The van der Waals surface area contributed by atoms with Gasteiger partial charge in [0.1, 0.15) is 5.75 Å². The first-order valence-corrected chi connectivity index (χ1v) is 15.0. The fourth-order valence-electron chi connectivity index (χ4n) is 5.63. The molecule has 0 aliphatic carbocycles. The largest absolute Gasteiger partial charge is 0.496 e. The third-order valence-electron chi connectivity index (χ3n) is 8.15. The van der Waals surface area contributed by atoms with Crippen LogP contribution in [0.25, 0.3) is 11.1 Å². The molecule has 0 N–H and O–H groups in total. The smallest absolute Gasteiger partial charge is 0.416 e. The van der Waals surface area contributed by atoms with Crippen molar-refractivity contribution in [2.75, 3.05) is 45.2 Å². The van der Waals surface area contributed by atoms with E-state index in [1.807, 2.05) is 13.1 Å². The predicted octanol–water partition coefficient (Wildman–Crippen LogP) is 6.90. The maximum Gasteiger partial charge on any atom is 0.416 e. The van der Waals surface area contributed by atoms with Crippen molar-refractivity contribution >= 4 is 5.95 Å². The number of nitrogens with zero attached hydrogens (tertiary/aromatic N) is 7. The van der Waals surface area contributed by atoms with Crippen LogP contribution in [-0.2, 0) is 45.2 Å². The third-order valence-corrected chi connectivity index (χ3v) is 8.15. The molecule has 1 aliphatic rings. The van der Waals surface area contributed by atoms with Gasteiger partial charge in [0.2, 0.25) is 0 Å². The maximum atomic E-state index is 14.0. The fraction of sp³-hybridized carbons (Fsp3) is 0.406. The van der Waals surface area contributed by atoms with Crippen LogP contribution in [0.4, 0.5) is 45.5 Å². The highest BCUT2D eigenvalue weighted by atomic mass is 19.4. The average molecular weight is 702 g/mol. The Morgan fingerprint density at radius 2 is 1.33 bits per heavy atom. The van der Waals surface area contributed by atoms with Crippen molar-refractivity contribution < 1.29 is 44.3 Å². The highest BCUT2D eigenvalue weighted by molar-refractivity contribution is 5.75. The van der Waals surface area contributed by atoms with Crippen molar-refractivity contribution in [3.63, 3.8) is 0 Å². The summed E-state index contributed by atoms with van der Waals surface area (Å²) in [6, 6.07) is 9.52. The number of hydrogen-bond acceptors (Lipinski definition) is 7. The topological polar surface area (TPSA) is 62.6 Å². The molecule has 17 heteroatoms. The molecule has 0 spiro atoms. The van der Waals surface area contributed by atoms with Gasteiger partial charge in [0.15, 0.2) is 0 Å². The summed E-state index contributed by atoms with van der Waals surface area (Å²) in [5.41, 5.74) is -2.85. The van der Waals surface area contributed by atoms with Gasteiger partial charge < -0.3 is 14.5 Å². The Kier molecular flexibility index (Phi) is 10.2. The van der Waals surface area contributed by atoms with Gasteiger partial charge in [0.05, 0.1) is 30.8 Å². The summed E-state index contributed by atoms with van der Waals surface area (Å²) in [7, 11) is 4.81. The standard InChI is InChI=1S/C32H32F9N7O/c1-45-8-10-47(11-9-45)17-20-4-7-28(49-3)27(14-20)26-6-5-23(30(33,34)35)15-22(26)19-48(29-42-44-46(2)43-29)18-21-12-24(31(36,37)38)16-25(13-21)32(39,40)41/h4-7,12-16H,8-11,17-19H2,1-3H3. The van der Waals surface area contributed by atoms with Gasteiger partial charge in [-0.1, -0.05) is 17.2 Å². The molecule has 0 radical (unpaired) electrons. The lowest BCUT2D eigenvalue weighted by molar-refractivity contribution is -0.143. The Labute approximate surface area is 275 Å². The number of aryl methyl sites for hydroxylation is 1. The number of benzene rings is 3. The normalized spacial score (nSPS) is 15.1. The lowest BCUT2D eigenvalue weighted by atomic mass is 9.94. The van der Waals surface area contributed by atoms with Crippen LogP contribution in [0.5, 0.6) is 5.75 Å². The Bertz CT molecular complexity index is 1730. The molecule has 49 heavy (non-hydrogen) atoms. The Morgan fingerprint density at radius 3 is 1.88 bits per heavy atom. The van der Waals surface area contributed by atoms with Crippen molar-refractivity contribution in [3.05, 3.63) is 88.0 Å². The summed E-state index contributed by atoms with van der Waals surface area (Å²) in [6.07, 6.45) is -15.0. The summed E-state index contributed by atoms with van der Waals surface area (Å²) in [5.74, 6) is 0.118. The number of piperazine rings is 1. The summed E-state index contributed by atoms with van der Waals surface area (Å²) < 4.78 is 130. The second kappa shape index (κ2) is 13.9. The van der Waals surface area contributed by atoms with Gasteiger partial charge in [0, 0.05) is 51.4 Å². The van der Waals surface area contributed by atoms with E-state index in [9.17, 15) is 39.5 Å². The minimum atomic E-state index is -5.11. The quantitative estimate of drug-likeness (QED) is 0.176. The number of methoxy groups -OCH3 is 1. The van der Waals surface area contributed by atoms with E-state index >= 15 is 0 Å². The number of likely N-dealkylation sites (N-methyl/N-ethyl adjacent to an activating group) is 1. The number of aromatic nitrogens is 4. The zero-order valence-electron chi connectivity index (χ0n) is 26.6.